The van der Waals surface area contributed by atoms with Crippen molar-refractivity contribution in [3.05, 3.63) is 47.1 Å². The van der Waals surface area contributed by atoms with Crippen LogP contribution >= 0.6 is 11.6 Å². The Labute approximate surface area is 166 Å². The van der Waals surface area contributed by atoms with Gasteiger partial charge in [-0.1, -0.05) is 17.7 Å². The largest absolute Gasteiger partial charge is 0.485 e. The summed E-state index contributed by atoms with van der Waals surface area (Å²) in [6, 6.07) is 8.50. The molecule has 0 bridgehead atoms. The van der Waals surface area contributed by atoms with Crippen LogP contribution in [0.15, 0.2) is 30.5 Å². The summed E-state index contributed by atoms with van der Waals surface area (Å²) in [4.78, 5) is 3.64. The summed E-state index contributed by atoms with van der Waals surface area (Å²) in [7, 11) is 0. The van der Waals surface area contributed by atoms with Crippen LogP contribution in [0.5, 0.6) is 17.4 Å². The molecule has 2 rings (SSSR count). The predicted octanol–water partition coefficient (Wildman–Crippen LogP) is 5.17. The molecule has 1 aromatic heterocycles. The van der Waals surface area contributed by atoms with E-state index in [0.717, 1.165) is 6.07 Å². The van der Waals surface area contributed by atoms with Gasteiger partial charge in [-0.25, -0.2) is 4.98 Å². The number of nitrogens with zero attached hydrogens (tertiary/aromatic N) is 1. The zero-order valence-corrected chi connectivity index (χ0v) is 16.1. The van der Waals surface area contributed by atoms with E-state index in [4.69, 9.17) is 30.5 Å². The van der Waals surface area contributed by atoms with Gasteiger partial charge in [-0.05, 0) is 32.0 Å². The fourth-order valence-electron chi connectivity index (χ4n) is 2.11. The van der Waals surface area contributed by atoms with Crippen molar-refractivity contribution < 1.29 is 32.1 Å². The molecule has 5 nitrogen and oxygen atoms in total. The van der Waals surface area contributed by atoms with Gasteiger partial charge >= 0.3 is 6.18 Å². The Kier molecular flexibility index (Phi) is 8.35. The number of hydrogen-bond donors (Lipinski definition) is 0. The minimum atomic E-state index is -4.54. The Morgan fingerprint density at radius 2 is 1.75 bits per heavy atom. The van der Waals surface area contributed by atoms with Crippen molar-refractivity contribution in [1.82, 2.24) is 4.98 Å². The van der Waals surface area contributed by atoms with Crippen LogP contribution in [-0.2, 0) is 15.7 Å². The summed E-state index contributed by atoms with van der Waals surface area (Å²) in [5, 5.41) is -0.264. The Bertz CT molecular complexity index is 750. The van der Waals surface area contributed by atoms with E-state index in [1.54, 1.807) is 18.2 Å². The third-order valence-corrected chi connectivity index (χ3v) is 3.66. The zero-order chi connectivity index (χ0) is 20.6. The van der Waals surface area contributed by atoms with Crippen LogP contribution in [0.1, 0.15) is 19.4 Å². The molecule has 9 heteroatoms. The molecule has 1 aromatic carbocycles. The molecule has 0 unspecified atom stereocenters. The van der Waals surface area contributed by atoms with Crippen LogP contribution in [-0.4, -0.2) is 37.5 Å². The smallest absolute Gasteiger partial charge is 0.417 e. The number of benzene rings is 1. The zero-order valence-electron chi connectivity index (χ0n) is 15.4. The fourth-order valence-corrected chi connectivity index (χ4v) is 2.31. The SMILES string of the molecule is CCOCC(COCC)Oc1[c]c(Oc2ncc(C(F)(F)F)cc2Cl)ccc1. The van der Waals surface area contributed by atoms with E-state index in [1.165, 1.54) is 0 Å². The minimum absolute atomic E-state index is 0.164. The molecule has 0 aliphatic carbocycles. The van der Waals surface area contributed by atoms with Crippen LogP contribution in [0.25, 0.3) is 0 Å². The number of pyridine rings is 1. The Balaban J connectivity index is 2.10. The molecule has 0 spiro atoms. The third kappa shape index (κ3) is 6.85. The van der Waals surface area contributed by atoms with E-state index in [0.29, 0.717) is 38.4 Å². The summed E-state index contributed by atoms with van der Waals surface area (Å²) in [6.07, 6.45) is -4.23. The summed E-state index contributed by atoms with van der Waals surface area (Å²) in [5.74, 6) is 0.395. The standard InChI is InChI=1S/C19H20ClF3NO4/c1-3-25-11-16(12-26-4-2)27-14-6-5-7-15(9-14)28-18-17(20)8-13(10-24-18)19(21,22)23/h5-8,10,16H,3-4,11-12H2,1-2H3. The van der Waals surface area contributed by atoms with Crippen molar-refractivity contribution >= 4 is 11.6 Å². The third-order valence-electron chi connectivity index (χ3n) is 3.39. The molecule has 0 aliphatic rings. The van der Waals surface area contributed by atoms with Gasteiger partial charge in [0, 0.05) is 19.4 Å². The van der Waals surface area contributed by atoms with Crippen LogP contribution in [0, 0.1) is 6.07 Å². The maximum absolute atomic E-state index is 12.7. The van der Waals surface area contributed by atoms with Gasteiger partial charge in [0.15, 0.2) is 0 Å². The molecule has 28 heavy (non-hydrogen) atoms. The normalized spacial score (nSPS) is 11.7. The van der Waals surface area contributed by atoms with Gasteiger partial charge in [0.25, 0.3) is 0 Å². The van der Waals surface area contributed by atoms with Gasteiger partial charge in [0.2, 0.25) is 5.88 Å². The first kappa shape index (κ1) is 22.3. The molecule has 0 saturated carbocycles. The quantitative estimate of drug-likeness (QED) is 0.533. The highest BCUT2D eigenvalue weighted by Gasteiger charge is 2.31. The number of alkyl halides is 3. The molecule has 0 amide bonds. The second-order valence-corrected chi connectivity index (χ2v) is 5.96. The molecular weight excluding hydrogens is 399 g/mol. The highest BCUT2D eigenvalue weighted by molar-refractivity contribution is 6.31. The van der Waals surface area contributed by atoms with Crippen molar-refractivity contribution in [2.75, 3.05) is 26.4 Å². The van der Waals surface area contributed by atoms with Gasteiger partial charge in [-0.15, -0.1) is 0 Å². The van der Waals surface area contributed by atoms with Crippen LogP contribution in [0.2, 0.25) is 5.02 Å². The summed E-state index contributed by atoms with van der Waals surface area (Å²) < 4.78 is 60.1. The molecule has 0 aliphatic heterocycles. The first-order chi connectivity index (χ1) is 13.3. The Hall–Kier alpha value is -2.03. The molecule has 153 valence electrons. The molecule has 2 aromatic rings. The first-order valence-electron chi connectivity index (χ1n) is 8.58. The molecule has 0 saturated heterocycles. The van der Waals surface area contributed by atoms with Crippen molar-refractivity contribution in [2.45, 2.75) is 26.1 Å². The van der Waals surface area contributed by atoms with Gasteiger partial charge < -0.3 is 18.9 Å². The van der Waals surface area contributed by atoms with E-state index in [1.807, 2.05) is 13.8 Å². The summed E-state index contributed by atoms with van der Waals surface area (Å²) >= 11 is 5.86. The van der Waals surface area contributed by atoms with E-state index in [-0.39, 0.29) is 22.8 Å². The highest BCUT2D eigenvalue weighted by atomic mass is 35.5. The number of ether oxygens (including phenoxy) is 4. The molecule has 0 N–H and O–H groups in total. The Morgan fingerprint density at radius 3 is 2.32 bits per heavy atom. The summed E-state index contributed by atoms with van der Waals surface area (Å²) in [6.45, 7) is 5.50. The van der Waals surface area contributed by atoms with E-state index in [9.17, 15) is 13.2 Å². The average molecular weight is 419 g/mol. The molecular formula is C19H20ClF3NO4. The minimum Gasteiger partial charge on any atom is -0.485 e. The lowest BCUT2D eigenvalue weighted by Gasteiger charge is -2.19. The molecule has 1 heterocycles. The van der Waals surface area contributed by atoms with E-state index >= 15 is 0 Å². The lowest BCUT2D eigenvalue weighted by atomic mass is 10.3. The maximum Gasteiger partial charge on any atom is 0.417 e. The van der Waals surface area contributed by atoms with Crippen molar-refractivity contribution in [3.8, 4) is 17.4 Å². The predicted molar refractivity (Wildman–Crippen MR) is 97.0 cm³/mol. The number of hydrogen-bond acceptors (Lipinski definition) is 5. The lowest BCUT2D eigenvalue weighted by molar-refractivity contribution is -0.137. The first-order valence-corrected chi connectivity index (χ1v) is 8.96. The number of aromatic nitrogens is 1. The van der Waals surface area contributed by atoms with Crippen molar-refractivity contribution in [3.63, 3.8) is 0 Å². The van der Waals surface area contributed by atoms with E-state index < -0.39 is 11.7 Å². The van der Waals surface area contributed by atoms with Gasteiger partial charge in [-0.2, -0.15) is 13.2 Å². The average Bonchev–Trinajstić information content (AvgIpc) is 2.65. The summed E-state index contributed by atoms with van der Waals surface area (Å²) in [5.41, 5.74) is -0.958. The van der Waals surface area contributed by atoms with Gasteiger partial charge in [0.1, 0.15) is 22.6 Å². The van der Waals surface area contributed by atoms with Gasteiger partial charge in [0.05, 0.1) is 24.8 Å². The maximum atomic E-state index is 12.7. The fraction of sp³-hybridized carbons (Fsp3) is 0.421. The topological polar surface area (TPSA) is 49.8 Å². The lowest BCUT2D eigenvalue weighted by Crippen LogP contribution is -2.28. The van der Waals surface area contributed by atoms with Crippen LogP contribution < -0.4 is 9.47 Å². The molecule has 0 atom stereocenters. The number of rotatable bonds is 10. The van der Waals surface area contributed by atoms with E-state index in [2.05, 4.69) is 11.1 Å². The van der Waals surface area contributed by atoms with Crippen molar-refractivity contribution in [1.29, 1.82) is 0 Å². The number of halogens is 4. The molecule has 0 fully saturated rings. The van der Waals surface area contributed by atoms with Crippen molar-refractivity contribution in [2.24, 2.45) is 0 Å². The second kappa shape index (κ2) is 10.5. The van der Waals surface area contributed by atoms with Crippen LogP contribution in [0.3, 0.4) is 0 Å². The van der Waals surface area contributed by atoms with Crippen LogP contribution in [0.4, 0.5) is 13.2 Å². The highest BCUT2D eigenvalue weighted by Crippen LogP contribution is 2.35. The molecule has 1 radical (unpaired) electrons. The second-order valence-electron chi connectivity index (χ2n) is 5.55. The monoisotopic (exact) mass is 418 g/mol. The Morgan fingerprint density at radius 1 is 1.11 bits per heavy atom. The van der Waals surface area contributed by atoms with Gasteiger partial charge in [-0.3, -0.25) is 0 Å².